The normalized spacial score (nSPS) is 13.1. The van der Waals surface area contributed by atoms with Gasteiger partial charge in [0.2, 0.25) is 0 Å². The molecule has 0 aliphatic carbocycles. The predicted octanol–water partition coefficient (Wildman–Crippen LogP) is 3.63. The van der Waals surface area contributed by atoms with Gasteiger partial charge in [0.05, 0.1) is 6.10 Å². The number of aliphatic hydroxyl groups excluding tert-OH is 1. The number of aliphatic hydroxyl groups is 1. The van der Waals surface area contributed by atoms with Crippen LogP contribution in [0.25, 0.3) is 0 Å². The zero-order valence-corrected chi connectivity index (χ0v) is 10.5. The van der Waals surface area contributed by atoms with E-state index in [1.54, 1.807) is 0 Å². The first-order valence-electron chi connectivity index (χ1n) is 6.58. The van der Waals surface area contributed by atoms with Crippen molar-refractivity contribution in [2.45, 2.75) is 70.8 Å². The van der Waals surface area contributed by atoms with Gasteiger partial charge in [0.15, 0.2) is 0 Å². The molecule has 0 saturated carbocycles. The van der Waals surface area contributed by atoms with E-state index in [1.807, 2.05) is 0 Å². The lowest BCUT2D eigenvalue weighted by molar-refractivity contribution is -0.109. The van der Waals surface area contributed by atoms with Gasteiger partial charge in [0, 0.05) is 6.42 Å². The molecule has 0 radical (unpaired) electrons. The molecule has 2 heteroatoms. The van der Waals surface area contributed by atoms with Crippen molar-refractivity contribution >= 4 is 6.29 Å². The Morgan fingerprint density at radius 2 is 1.75 bits per heavy atom. The van der Waals surface area contributed by atoms with E-state index in [0.717, 1.165) is 32.0 Å². The third-order valence-corrected chi connectivity index (χ3v) is 2.67. The highest BCUT2D eigenvalue weighted by atomic mass is 16.3. The molecule has 0 spiro atoms. The summed E-state index contributed by atoms with van der Waals surface area (Å²) in [6.45, 7) is 2.21. The highest BCUT2D eigenvalue weighted by Crippen LogP contribution is 2.08. The van der Waals surface area contributed by atoms with Gasteiger partial charge >= 0.3 is 0 Å². The minimum Gasteiger partial charge on any atom is -0.393 e. The van der Waals surface area contributed by atoms with E-state index < -0.39 is 6.10 Å². The van der Waals surface area contributed by atoms with Crippen molar-refractivity contribution in [1.29, 1.82) is 0 Å². The first-order chi connectivity index (χ1) is 7.81. The lowest BCUT2D eigenvalue weighted by Gasteiger charge is -2.05. The molecule has 0 aromatic carbocycles. The minimum atomic E-state index is -0.419. The first kappa shape index (κ1) is 15.4. The SMILES string of the molecule is CCCC/C=C/CCCCCC(O)CC=O. The molecule has 0 aliphatic rings. The zero-order valence-electron chi connectivity index (χ0n) is 10.5. The molecule has 0 aliphatic heterocycles. The van der Waals surface area contributed by atoms with Crippen molar-refractivity contribution < 1.29 is 9.90 Å². The van der Waals surface area contributed by atoms with Crippen LogP contribution in [0.2, 0.25) is 0 Å². The number of aldehydes is 1. The van der Waals surface area contributed by atoms with Crippen LogP contribution in [0.1, 0.15) is 64.7 Å². The smallest absolute Gasteiger partial charge is 0.122 e. The maximum atomic E-state index is 10.1. The Balaban J connectivity index is 3.14. The van der Waals surface area contributed by atoms with Crippen LogP contribution in [0.5, 0.6) is 0 Å². The van der Waals surface area contributed by atoms with Gasteiger partial charge in [-0.05, 0) is 25.7 Å². The third-order valence-electron chi connectivity index (χ3n) is 2.67. The predicted molar refractivity (Wildman–Crippen MR) is 68.4 cm³/mol. The van der Waals surface area contributed by atoms with Crippen molar-refractivity contribution in [1.82, 2.24) is 0 Å². The summed E-state index contributed by atoms with van der Waals surface area (Å²) in [5, 5.41) is 9.30. The van der Waals surface area contributed by atoms with Crippen LogP contribution in [0.15, 0.2) is 12.2 Å². The summed E-state index contributed by atoms with van der Waals surface area (Å²) in [4.78, 5) is 10.1. The number of allylic oxidation sites excluding steroid dienone is 2. The summed E-state index contributed by atoms with van der Waals surface area (Å²) in [7, 11) is 0. The van der Waals surface area contributed by atoms with E-state index in [1.165, 1.54) is 25.7 Å². The largest absolute Gasteiger partial charge is 0.393 e. The number of hydrogen-bond donors (Lipinski definition) is 1. The summed E-state index contributed by atoms with van der Waals surface area (Å²) in [6.07, 6.45) is 14.2. The highest BCUT2D eigenvalue weighted by Gasteiger charge is 2.01. The van der Waals surface area contributed by atoms with Crippen LogP contribution in [-0.4, -0.2) is 17.5 Å². The number of rotatable bonds is 11. The number of carbonyl (C=O) groups excluding carboxylic acids is 1. The Hall–Kier alpha value is -0.630. The second kappa shape index (κ2) is 12.4. The van der Waals surface area contributed by atoms with Gasteiger partial charge in [-0.2, -0.15) is 0 Å². The molecule has 0 rings (SSSR count). The van der Waals surface area contributed by atoms with Crippen LogP contribution < -0.4 is 0 Å². The fourth-order valence-electron chi connectivity index (χ4n) is 1.61. The quantitative estimate of drug-likeness (QED) is 0.332. The molecule has 0 aromatic heterocycles. The van der Waals surface area contributed by atoms with E-state index >= 15 is 0 Å². The lowest BCUT2D eigenvalue weighted by atomic mass is 10.1. The molecule has 0 fully saturated rings. The van der Waals surface area contributed by atoms with Crippen molar-refractivity contribution in [3.05, 3.63) is 12.2 Å². The Kier molecular flexibility index (Phi) is 11.9. The Morgan fingerprint density at radius 3 is 2.38 bits per heavy atom. The van der Waals surface area contributed by atoms with Gasteiger partial charge in [-0.15, -0.1) is 0 Å². The van der Waals surface area contributed by atoms with E-state index in [4.69, 9.17) is 0 Å². The molecule has 0 aromatic rings. The monoisotopic (exact) mass is 226 g/mol. The molecular weight excluding hydrogens is 200 g/mol. The second-order valence-electron chi connectivity index (χ2n) is 4.31. The van der Waals surface area contributed by atoms with Crippen molar-refractivity contribution in [3.63, 3.8) is 0 Å². The van der Waals surface area contributed by atoms with Crippen LogP contribution in [0.4, 0.5) is 0 Å². The Morgan fingerprint density at radius 1 is 1.06 bits per heavy atom. The van der Waals surface area contributed by atoms with Gasteiger partial charge in [0.25, 0.3) is 0 Å². The fraction of sp³-hybridized carbons (Fsp3) is 0.786. The third kappa shape index (κ3) is 11.4. The summed E-state index contributed by atoms with van der Waals surface area (Å²) in [5.74, 6) is 0. The Bertz CT molecular complexity index is 176. The zero-order chi connectivity index (χ0) is 12.1. The van der Waals surface area contributed by atoms with E-state index in [2.05, 4.69) is 19.1 Å². The molecule has 0 saturated heterocycles. The molecule has 94 valence electrons. The molecule has 0 amide bonds. The van der Waals surface area contributed by atoms with Crippen molar-refractivity contribution in [2.75, 3.05) is 0 Å². The van der Waals surface area contributed by atoms with Crippen LogP contribution in [0, 0.1) is 0 Å². The average molecular weight is 226 g/mol. The molecule has 1 N–H and O–H groups in total. The maximum Gasteiger partial charge on any atom is 0.122 e. The molecule has 0 heterocycles. The van der Waals surface area contributed by atoms with E-state index in [-0.39, 0.29) is 6.42 Å². The summed E-state index contributed by atoms with van der Waals surface area (Å²) >= 11 is 0. The minimum absolute atomic E-state index is 0.289. The molecular formula is C14H26O2. The average Bonchev–Trinajstić information content (AvgIpc) is 2.27. The van der Waals surface area contributed by atoms with Gasteiger partial charge in [-0.25, -0.2) is 0 Å². The van der Waals surface area contributed by atoms with Crippen molar-refractivity contribution in [3.8, 4) is 0 Å². The van der Waals surface area contributed by atoms with Crippen LogP contribution in [0.3, 0.4) is 0 Å². The standard InChI is InChI=1S/C14H26O2/c1-2-3-4-5-6-7-8-9-10-11-14(16)12-13-15/h5-6,13-14,16H,2-4,7-12H2,1H3/b6-5+. The van der Waals surface area contributed by atoms with Gasteiger partial charge < -0.3 is 9.90 Å². The number of carbonyl (C=O) groups is 1. The maximum absolute atomic E-state index is 10.1. The number of unbranched alkanes of at least 4 members (excludes halogenated alkanes) is 5. The summed E-state index contributed by atoms with van der Waals surface area (Å²) in [6, 6.07) is 0. The van der Waals surface area contributed by atoms with Crippen molar-refractivity contribution in [2.24, 2.45) is 0 Å². The lowest BCUT2D eigenvalue weighted by Crippen LogP contribution is -2.06. The van der Waals surface area contributed by atoms with E-state index in [0.29, 0.717) is 0 Å². The fourth-order valence-corrected chi connectivity index (χ4v) is 1.61. The van der Waals surface area contributed by atoms with Gasteiger partial charge in [-0.3, -0.25) is 0 Å². The van der Waals surface area contributed by atoms with Crippen LogP contribution >= 0.6 is 0 Å². The topological polar surface area (TPSA) is 37.3 Å². The van der Waals surface area contributed by atoms with Gasteiger partial charge in [0.1, 0.15) is 6.29 Å². The van der Waals surface area contributed by atoms with Gasteiger partial charge in [-0.1, -0.05) is 44.8 Å². The molecule has 2 nitrogen and oxygen atoms in total. The second-order valence-corrected chi connectivity index (χ2v) is 4.31. The summed E-state index contributed by atoms with van der Waals surface area (Å²) < 4.78 is 0. The molecule has 1 atom stereocenters. The molecule has 1 unspecified atom stereocenters. The number of hydrogen-bond acceptors (Lipinski definition) is 2. The molecule has 16 heavy (non-hydrogen) atoms. The van der Waals surface area contributed by atoms with E-state index in [9.17, 15) is 9.90 Å². The highest BCUT2D eigenvalue weighted by molar-refractivity contribution is 5.49. The van der Waals surface area contributed by atoms with Crippen LogP contribution in [-0.2, 0) is 4.79 Å². The molecule has 0 bridgehead atoms. The first-order valence-corrected chi connectivity index (χ1v) is 6.58. The Labute approximate surface area is 99.7 Å². The summed E-state index contributed by atoms with van der Waals surface area (Å²) in [5.41, 5.74) is 0.